The van der Waals surface area contributed by atoms with Crippen molar-refractivity contribution >= 4 is 11.7 Å². The molecule has 1 aliphatic rings. The number of pyridine rings is 1. The van der Waals surface area contributed by atoms with Crippen molar-refractivity contribution in [3.05, 3.63) is 23.9 Å². The molecular weight excluding hydrogens is 242 g/mol. The second-order valence-corrected chi connectivity index (χ2v) is 5.23. The number of hydrogen-bond acceptors (Lipinski definition) is 4. The molecule has 5 heteroatoms. The predicted molar refractivity (Wildman–Crippen MR) is 73.6 cm³/mol. The van der Waals surface area contributed by atoms with Gasteiger partial charge in [-0.15, -0.1) is 0 Å². The first-order chi connectivity index (χ1) is 9.06. The molecule has 1 aromatic rings. The number of nitrogens with two attached hydrogens (primary N) is 1. The van der Waals surface area contributed by atoms with Gasteiger partial charge < -0.3 is 15.7 Å². The zero-order valence-corrected chi connectivity index (χ0v) is 11.2. The number of hydrogen-bond donors (Lipinski definition) is 2. The summed E-state index contributed by atoms with van der Waals surface area (Å²) in [6, 6.07) is 3.85. The maximum Gasteiger partial charge on any atom is 0.217 e. The number of amides is 1. The highest BCUT2D eigenvalue weighted by atomic mass is 16.3. The molecule has 0 radical (unpaired) electrons. The average Bonchev–Trinajstić information content (AvgIpc) is 2.39. The highest BCUT2D eigenvalue weighted by molar-refractivity contribution is 5.74. The first kappa shape index (κ1) is 13.8. The van der Waals surface area contributed by atoms with E-state index in [0.717, 1.165) is 37.3 Å². The van der Waals surface area contributed by atoms with E-state index < -0.39 is 6.10 Å². The van der Waals surface area contributed by atoms with Gasteiger partial charge in [0.15, 0.2) is 0 Å². The Labute approximate surface area is 113 Å². The molecule has 2 heterocycles. The summed E-state index contributed by atoms with van der Waals surface area (Å²) in [5.41, 5.74) is 6.05. The minimum absolute atomic E-state index is 0.210. The van der Waals surface area contributed by atoms with Crippen molar-refractivity contribution in [2.24, 2.45) is 11.7 Å². The molecule has 1 aromatic heterocycles. The van der Waals surface area contributed by atoms with E-state index in [-0.39, 0.29) is 5.91 Å². The van der Waals surface area contributed by atoms with Gasteiger partial charge in [0.25, 0.3) is 0 Å². The highest BCUT2D eigenvalue weighted by Crippen LogP contribution is 2.24. The highest BCUT2D eigenvalue weighted by Gasteiger charge is 2.21. The average molecular weight is 263 g/mol. The van der Waals surface area contributed by atoms with Crippen molar-refractivity contribution < 1.29 is 9.90 Å². The second-order valence-electron chi connectivity index (χ2n) is 5.23. The standard InChI is InChI=1S/C14H21N3O2/c1-10(18)12-2-3-14(16-9-12)17-6-4-11(5-7-17)8-13(15)19/h2-3,9-11,18H,4-8H2,1H3,(H2,15,19)/t10-/m1/s1. The lowest BCUT2D eigenvalue weighted by Gasteiger charge is -2.32. The third-order valence-corrected chi connectivity index (χ3v) is 3.68. The number of aliphatic hydroxyl groups excluding tert-OH is 1. The Kier molecular flexibility index (Phi) is 4.37. The van der Waals surface area contributed by atoms with Gasteiger partial charge in [-0.3, -0.25) is 4.79 Å². The number of carbonyl (C=O) groups is 1. The van der Waals surface area contributed by atoms with Gasteiger partial charge in [0.05, 0.1) is 6.10 Å². The summed E-state index contributed by atoms with van der Waals surface area (Å²) in [5, 5.41) is 9.45. The summed E-state index contributed by atoms with van der Waals surface area (Å²) in [7, 11) is 0. The van der Waals surface area contributed by atoms with Crippen molar-refractivity contribution in [3.8, 4) is 0 Å². The minimum atomic E-state index is -0.483. The molecule has 0 saturated carbocycles. The number of anilines is 1. The molecule has 1 fully saturated rings. The molecule has 5 nitrogen and oxygen atoms in total. The number of aliphatic hydroxyl groups is 1. The van der Waals surface area contributed by atoms with Gasteiger partial charge in [-0.05, 0) is 37.3 Å². The summed E-state index contributed by atoms with van der Waals surface area (Å²) in [5.74, 6) is 1.13. The Morgan fingerprint density at radius 1 is 1.53 bits per heavy atom. The van der Waals surface area contributed by atoms with E-state index in [1.807, 2.05) is 12.1 Å². The van der Waals surface area contributed by atoms with Gasteiger partial charge >= 0.3 is 0 Å². The van der Waals surface area contributed by atoms with E-state index in [1.165, 1.54) is 0 Å². The van der Waals surface area contributed by atoms with Crippen LogP contribution in [-0.2, 0) is 4.79 Å². The molecule has 0 spiro atoms. The monoisotopic (exact) mass is 263 g/mol. The lowest BCUT2D eigenvalue weighted by Crippen LogP contribution is -2.35. The maximum atomic E-state index is 10.9. The third kappa shape index (κ3) is 3.67. The fourth-order valence-electron chi connectivity index (χ4n) is 2.48. The van der Waals surface area contributed by atoms with E-state index in [9.17, 15) is 9.90 Å². The smallest absolute Gasteiger partial charge is 0.217 e. The molecule has 0 aliphatic carbocycles. The fraction of sp³-hybridized carbons (Fsp3) is 0.571. The molecule has 0 unspecified atom stereocenters. The summed E-state index contributed by atoms with van der Waals surface area (Å²) < 4.78 is 0. The van der Waals surface area contributed by atoms with Gasteiger partial charge in [0, 0.05) is 25.7 Å². The van der Waals surface area contributed by atoms with Gasteiger partial charge in [-0.2, -0.15) is 0 Å². The van der Waals surface area contributed by atoms with Crippen LogP contribution in [0.1, 0.15) is 37.9 Å². The van der Waals surface area contributed by atoms with Crippen LogP contribution in [0.3, 0.4) is 0 Å². The topological polar surface area (TPSA) is 79.5 Å². The fourth-order valence-corrected chi connectivity index (χ4v) is 2.48. The lowest BCUT2D eigenvalue weighted by atomic mass is 9.93. The van der Waals surface area contributed by atoms with E-state index in [1.54, 1.807) is 13.1 Å². The molecule has 1 saturated heterocycles. The predicted octanol–water partition coefficient (Wildman–Crippen LogP) is 1.23. The summed E-state index contributed by atoms with van der Waals surface area (Å²) in [6.07, 6.45) is 3.67. The van der Waals surface area contributed by atoms with Crippen LogP contribution in [0.15, 0.2) is 18.3 Å². The Morgan fingerprint density at radius 2 is 2.21 bits per heavy atom. The van der Waals surface area contributed by atoms with Crippen molar-refractivity contribution in [2.75, 3.05) is 18.0 Å². The molecule has 19 heavy (non-hydrogen) atoms. The van der Waals surface area contributed by atoms with Gasteiger partial charge in [-0.25, -0.2) is 4.98 Å². The molecule has 1 atom stereocenters. The van der Waals surface area contributed by atoms with Gasteiger partial charge in [-0.1, -0.05) is 6.07 Å². The third-order valence-electron chi connectivity index (χ3n) is 3.68. The number of rotatable bonds is 4. The van der Waals surface area contributed by atoms with Crippen LogP contribution >= 0.6 is 0 Å². The van der Waals surface area contributed by atoms with Crippen LogP contribution in [0.5, 0.6) is 0 Å². The SMILES string of the molecule is C[C@@H](O)c1ccc(N2CCC(CC(N)=O)CC2)nc1. The minimum Gasteiger partial charge on any atom is -0.389 e. The molecular formula is C14H21N3O2. The van der Waals surface area contributed by atoms with Gasteiger partial charge in [0.2, 0.25) is 5.91 Å². The Bertz CT molecular complexity index is 423. The maximum absolute atomic E-state index is 10.9. The first-order valence-corrected chi connectivity index (χ1v) is 6.73. The van der Waals surface area contributed by atoms with Crippen LogP contribution in [0, 0.1) is 5.92 Å². The molecule has 1 aliphatic heterocycles. The van der Waals surface area contributed by atoms with E-state index in [2.05, 4.69) is 9.88 Å². The number of primary amides is 1. The van der Waals surface area contributed by atoms with Crippen molar-refractivity contribution in [3.63, 3.8) is 0 Å². The molecule has 3 N–H and O–H groups in total. The van der Waals surface area contributed by atoms with Gasteiger partial charge in [0.1, 0.15) is 5.82 Å². The van der Waals surface area contributed by atoms with Crippen LogP contribution in [-0.4, -0.2) is 29.1 Å². The van der Waals surface area contributed by atoms with Crippen molar-refractivity contribution in [1.82, 2.24) is 4.98 Å². The van der Waals surface area contributed by atoms with Crippen LogP contribution in [0.25, 0.3) is 0 Å². The summed E-state index contributed by atoms with van der Waals surface area (Å²) in [6.45, 7) is 3.53. The summed E-state index contributed by atoms with van der Waals surface area (Å²) >= 11 is 0. The Hall–Kier alpha value is -1.62. The molecule has 2 rings (SSSR count). The van der Waals surface area contributed by atoms with Crippen LogP contribution in [0.4, 0.5) is 5.82 Å². The molecule has 104 valence electrons. The van der Waals surface area contributed by atoms with E-state index in [0.29, 0.717) is 12.3 Å². The van der Waals surface area contributed by atoms with E-state index >= 15 is 0 Å². The summed E-state index contributed by atoms with van der Waals surface area (Å²) in [4.78, 5) is 17.5. The van der Waals surface area contributed by atoms with Crippen molar-refractivity contribution in [1.29, 1.82) is 0 Å². The second kappa shape index (κ2) is 6.02. The van der Waals surface area contributed by atoms with Crippen LogP contribution < -0.4 is 10.6 Å². The normalized spacial score (nSPS) is 18.3. The zero-order valence-electron chi connectivity index (χ0n) is 11.2. The number of aromatic nitrogens is 1. The van der Waals surface area contributed by atoms with Crippen molar-refractivity contribution in [2.45, 2.75) is 32.3 Å². The Morgan fingerprint density at radius 3 is 2.68 bits per heavy atom. The zero-order chi connectivity index (χ0) is 13.8. The number of nitrogens with zero attached hydrogens (tertiary/aromatic N) is 2. The van der Waals surface area contributed by atoms with E-state index in [4.69, 9.17) is 5.73 Å². The first-order valence-electron chi connectivity index (χ1n) is 6.73. The number of piperidine rings is 1. The largest absolute Gasteiger partial charge is 0.389 e. The molecule has 0 aromatic carbocycles. The Balaban J connectivity index is 1.92. The lowest BCUT2D eigenvalue weighted by molar-refractivity contribution is -0.119. The molecule has 1 amide bonds. The number of carbonyl (C=O) groups excluding carboxylic acids is 1. The quantitative estimate of drug-likeness (QED) is 0.856. The van der Waals surface area contributed by atoms with Crippen LogP contribution in [0.2, 0.25) is 0 Å². The molecule has 0 bridgehead atoms.